The summed E-state index contributed by atoms with van der Waals surface area (Å²) in [6.45, 7) is 2.85. The van der Waals surface area contributed by atoms with E-state index < -0.39 is 0 Å². The molecule has 1 aliphatic heterocycles. The van der Waals surface area contributed by atoms with E-state index in [-0.39, 0.29) is 6.10 Å². The summed E-state index contributed by atoms with van der Waals surface area (Å²) in [4.78, 5) is 2.69. The molecule has 2 atom stereocenters. The van der Waals surface area contributed by atoms with Gasteiger partial charge < -0.3 is 10.1 Å². The Morgan fingerprint density at radius 1 is 1.33 bits per heavy atom. The molecule has 1 N–H and O–H groups in total. The zero-order valence-electron chi connectivity index (χ0n) is 12.4. The molecule has 2 heterocycles. The molecule has 1 aromatic carbocycles. The summed E-state index contributed by atoms with van der Waals surface area (Å²) < 4.78 is 7.50. The lowest BCUT2D eigenvalue weighted by atomic mass is 9.97. The van der Waals surface area contributed by atoms with E-state index in [2.05, 4.69) is 39.9 Å². The van der Waals surface area contributed by atoms with E-state index in [4.69, 9.17) is 4.74 Å². The molecule has 21 heavy (non-hydrogen) atoms. The predicted octanol–water partition coefficient (Wildman–Crippen LogP) is 3.03. The number of ether oxygens (including phenoxy) is 1. The number of nitrogens with zero attached hydrogens (tertiary/aromatic N) is 1. The van der Waals surface area contributed by atoms with Gasteiger partial charge in [-0.25, -0.2) is 0 Å². The lowest BCUT2D eigenvalue weighted by molar-refractivity contribution is -0.0734. The van der Waals surface area contributed by atoms with Crippen LogP contribution in [-0.4, -0.2) is 43.8 Å². The topological polar surface area (TPSA) is 24.5 Å². The maximum Gasteiger partial charge on any atom is 0.0896 e. The van der Waals surface area contributed by atoms with E-state index in [1.54, 1.807) is 0 Å². The van der Waals surface area contributed by atoms with Crippen LogP contribution >= 0.6 is 11.3 Å². The van der Waals surface area contributed by atoms with Crippen LogP contribution in [0, 0.1) is 0 Å². The van der Waals surface area contributed by atoms with Crippen LogP contribution in [0.15, 0.2) is 29.6 Å². The molecule has 0 amide bonds. The molecule has 2 fully saturated rings. The number of hydrogen-bond acceptors (Lipinski definition) is 4. The Balaban J connectivity index is 1.75. The van der Waals surface area contributed by atoms with E-state index in [9.17, 15) is 0 Å². The first-order valence-corrected chi connectivity index (χ1v) is 8.74. The van der Waals surface area contributed by atoms with E-state index in [1.807, 2.05) is 18.4 Å². The maximum absolute atomic E-state index is 6.11. The highest BCUT2D eigenvalue weighted by Gasteiger charge is 2.41. The number of rotatable bonds is 4. The molecule has 0 radical (unpaired) electrons. The van der Waals surface area contributed by atoms with Crippen LogP contribution in [0.5, 0.6) is 0 Å². The fraction of sp³-hybridized carbons (Fsp3) is 0.529. The van der Waals surface area contributed by atoms with E-state index in [1.165, 1.54) is 28.5 Å². The van der Waals surface area contributed by atoms with Crippen molar-refractivity contribution in [2.75, 3.05) is 26.7 Å². The van der Waals surface area contributed by atoms with Gasteiger partial charge in [-0.1, -0.05) is 18.2 Å². The summed E-state index contributed by atoms with van der Waals surface area (Å²) in [5, 5.41) is 7.07. The Kier molecular flexibility index (Phi) is 3.71. The molecule has 112 valence electrons. The second-order valence-corrected chi connectivity index (χ2v) is 6.98. The third-order valence-corrected chi connectivity index (χ3v) is 5.62. The molecule has 0 spiro atoms. The van der Waals surface area contributed by atoms with Gasteiger partial charge in [-0.2, -0.15) is 0 Å². The second kappa shape index (κ2) is 5.69. The van der Waals surface area contributed by atoms with Crippen molar-refractivity contribution in [1.82, 2.24) is 10.2 Å². The average molecular weight is 302 g/mol. The first kappa shape index (κ1) is 13.7. The molecule has 1 saturated carbocycles. The van der Waals surface area contributed by atoms with Crippen LogP contribution < -0.4 is 5.32 Å². The van der Waals surface area contributed by atoms with Crippen LogP contribution in [-0.2, 0) is 4.74 Å². The first-order valence-electron chi connectivity index (χ1n) is 7.86. The van der Waals surface area contributed by atoms with Crippen molar-refractivity contribution in [2.24, 2.45) is 0 Å². The Labute approximate surface area is 129 Å². The summed E-state index contributed by atoms with van der Waals surface area (Å²) in [6.07, 6.45) is 2.96. The fourth-order valence-corrected chi connectivity index (χ4v) is 4.54. The number of fused-ring (bicyclic) bond motifs is 1. The average Bonchev–Trinajstić information content (AvgIpc) is 3.28. The lowest BCUT2D eigenvalue weighted by Crippen LogP contribution is -2.49. The summed E-state index contributed by atoms with van der Waals surface area (Å²) in [5.74, 6) is 0. The second-order valence-electron chi connectivity index (χ2n) is 6.07. The van der Waals surface area contributed by atoms with Crippen LogP contribution in [0.3, 0.4) is 0 Å². The smallest absolute Gasteiger partial charge is 0.0896 e. The van der Waals surface area contributed by atoms with Gasteiger partial charge in [-0.05, 0) is 42.3 Å². The number of hydrogen-bond donors (Lipinski definition) is 1. The molecule has 2 aromatic rings. The number of thiophene rings is 1. The Morgan fingerprint density at radius 2 is 2.19 bits per heavy atom. The fourth-order valence-electron chi connectivity index (χ4n) is 3.55. The van der Waals surface area contributed by atoms with Gasteiger partial charge in [0.05, 0.1) is 18.8 Å². The highest BCUT2D eigenvalue weighted by atomic mass is 32.1. The lowest BCUT2D eigenvalue weighted by Gasteiger charge is -2.41. The summed E-state index contributed by atoms with van der Waals surface area (Å²) in [6, 6.07) is 9.94. The van der Waals surface area contributed by atoms with Crippen molar-refractivity contribution in [3.8, 4) is 0 Å². The molecule has 0 bridgehead atoms. The molecule has 1 aliphatic carbocycles. The third-order valence-electron chi connectivity index (χ3n) is 4.64. The quantitative estimate of drug-likeness (QED) is 0.939. The molecule has 3 nitrogen and oxygen atoms in total. The SMILES string of the molecule is CNCC1OCCN(C2CC2)C1c1csc2ccccc12. The van der Waals surface area contributed by atoms with Crippen molar-refractivity contribution in [3.63, 3.8) is 0 Å². The van der Waals surface area contributed by atoms with Gasteiger partial charge in [-0.3, -0.25) is 4.90 Å². The number of morpholine rings is 1. The van der Waals surface area contributed by atoms with Gasteiger partial charge in [0.1, 0.15) is 0 Å². The molecule has 2 unspecified atom stereocenters. The highest BCUT2D eigenvalue weighted by Crippen LogP contribution is 2.42. The minimum atomic E-state index is 0.252. The van der Waals surface area contributed by atoms with Crippen molar-refractivity contribution in [3.05, 3.63) is 35.2 Å². The van der Waals surface area contributed by atoms with Crippen LogP contribution in [0.1, 0.15) is 24.4 Å². The van der Waals surface area contributed by atoms with E-state index >= 15 is 0 Å². The molecule has 4 rings (SSSR count). The Hall–Kier alpha value is -0.940. The zero-order valence-corrected chi connectivity index (χ0v) is 13.2. The van der Waals surface area contributed by atoms with Gasteiger partial charge in [0.2, 0.25) is 0 Å². The van der Waals surface area contributed by atoms with Gasteiger partial charge in [0.15, 0.2) is 0 Å². The van der Waals surface area contributed by atoms with Gasteiger partial charge in [0, 0.05) is 23.8 Å². The minimum absolute atomic E-state index is 0.252. The van der Waals surface area contributed by atoms with Crippen LogP contribution in [0.2, 0.25) is 0 Å². The number of likely N-dealkylation sites (N-methyl/N-ethyl adjacent to an activating group) is 1. The Morgan fingerprint density at radius 3 is 3.00 bits per heavy atom. The van der Waals surface area contributed by atoms with Crippen molar-refractivity contribution < 1.29 is 4.74 Å². The predicted molar refractivity (Wildman–Crippen MR) is 88.0 cm³/mol. The molecule has 1 aromatic heterocycles. The maximum atomic E-state index is 6.11. The summed E-state index contributed by atoms with van der Waals surface area (Å²) in [7, 11) is 2.02. The van der Waals surface area contributed by atoms with Crippen molar-refractivity contribution in [1.29, 1.82) is 0 Å². The molecular weight excluding hydrogens is 280 g/mol. The van der Waals surface area contributed by atoms with E-state index in [0.29, 0.717) is 6.04 Å². The zero-order chi connectivity index (χ0) is 14.2. The van der Waals surface area contributed by atoms with Gasteiger partial charge >= 0.3 is 0 Å². The minimum Gasteiger partial charge on any atom is -0.374 e. The van der Waals surface area contributed by atoms with E-state index in [0.717, 1.165) is 25.7 Å². The number of benzene rings is 1. The molecule has 1 saturated heterocycles. The monoisotopic (exact) mass is 302 g/mol. The summed E-state index contributed by atoms with van der Waals surface area (Å²) >= 11 is 1.86. The molecule has 4 heteroatoms. The van der Waals surface area contributed by atoms with Crippen molar-refractivity contribution >= 4 is 21.4 Å². The highest BCUT2D eigenvalue weighted by molar-refractivity contribution is 7.17. The third kappa shape index (κ3) is 2.50. The van der Waals surface area contributed by atoms with Crippen molar-refractivity contribution in [2.45, 2.75) is 31.0 Å². The number of nitrogens with one attached hydrogen (secondary N) is 1. The molecule has 2 aliphatic rings. The van der Waals surface area contributed by atoms with Gasteiger partial charge in [0.25, 0.3) is 0 Å². The van der Waals surface area contributed by atoms with Crippen LogP contribution in [0.4, 0.5) is 0 Å². The Bertz CT molecular complexity index is 620. The normalized spacial score (nSPS) is 27.3. The largest absolute Gasteiger partial charge is 0.374 e. The first-order chi connectivity index (χ1) is 10.4. The van der Waals surface area contributed by atoms with Crippen LogP contribution in [0.25, 0.3) is 10.1 Å². The standard InChI is InChI=1S/C17H22N2OS/c1-18-10-15-17(19(8-9-20-15)12-6-7-12)14-11-21-16-5-3-2-4-13(14)16/h2-5,11-12,15,17-18H,6-10H2,1H3. The molecular formula is C17H22N2OS. The summed E-state index contributed by atoms with van der Waals surface area (Å²) in [5.41, 5.74) is 1.46. The van der Waals surface area contributed by atoms with Gasteiger partial charge in [-0.15, -0.1) is 11.3 Å².